The molecule has 0 bridgehead atoms. The van der Waals surface area contributed by atoms with Crippen molar-refractivity contribution in [3.05, 3.63) is 20.8 Å². The number of hydrogen-bond donors (Lipinski definition) is 2. The first kappa shape index (κ1) is 12.3. The second-order valence-electron chi connectivity index (χ2n) is 4.01. The molecule has 0 aliphatic heterocycles. The summed E-state index contributed by atoms with van der Waals surface area (Å²) in [5, 5.41) is 7.41. The molecule has 1 aromatic rings. The minimum atomic E-state index is 0.593. The molecule has 1 fully saturated rings. The molecule has 0 saturated heterocycles. The van der Waals surface area contributed by atoms with Crippen molar-refractivity contribution in [2.24, 2.45) is 0 Å². The Hall–Kier alpha value is -0.130. The van der Waals surface area contributed by atoms with Gasteiger partial charge in [0.15, 0.2) is 5.11 Å². The molecule has 88 valence electrons. The maximum absolute atomic E-state index is 5.27. The molecule has 0 amide bonds. The molecule has 0 atom stereocenters. The lowest BCUT2D eigenvalue weighted by Crippen LogP contribution is -2.40. The van der Waals surface area contributed by atoms with Crippen LogP contribution in [-0.4, -0.2) is 11.2 Å². The van der Waals surface area contributed by atoms with Crippen LogP contribution in [0.5, 0.6) is 0 Å². The normalized spacial score (nSPS) is 16.3. The first-order chi connectivity index (χ1) is 7.74. The molecule has 0 unspecified atom stereocenters. The Kier molecular flexibility index (Phi) is 4.61. The van der Waals surface area contributed by atoms with E-state index in [1.165, 1.54) is 34.3 Å². The average Bonchev–Trinajstić information content (AvgIpc) is 2.87. The third-order valence-corrected chi connectivity index (χ3v) is 4.63. The van der Waals surface area contributed by atoms with Gasteiger partial charge in [0.25, 0.3) is 0 Å². The summed E-state index contributed by atoms with van der Waals surface area (Å²) in [6.45, 7) is 0.814. The number of thiophene rings is 1. The van der Waals surface area contributed by atoms with Crippen LogP contribution in [0.15, 0.2) is 15.9 Å². The van der Waals surface area contributed by atoms with Crippen LogP contribution in [0.4, 0.5) is 0 Å². The fourth-order valence-corrected chi connectivity index (χ4v) is 3.58. The van der Waals surface area contributed by atoms with Crippen LogP contribution in [0, 0.1) is 0 Å². The molecule has 2 N–H and O–H groups in total. The summed E-state index contributed by atoms with van der Waals surface area (Å²) in [6, 6.07) is 4.77. The van der Waals surface area contributed by atoms with E-state index in [-0.39, 0.29) is 0 Å². The summed E-state index contributed by atoms with van der Waals surface area (Å²) < 4.78 is 1.17. The Bertz CT molecular complexity index is 359. The highest BCUT2D eigenvalue weighted by Crippen LogP contribution is 2.21. The molecule has 0 radical (unpaired) electrons. The fraction of sp³-hybridized carbons (Fsp3) is 0.545. The first-order valence-corrected chi connectivity index (χ1v) is 7.54. The quantitative estimate of drug-likeness (QED) is 0.835. The van der Waals surface area contributed by atoms with Gasteiger partial charge in [-0.15, -0.1) is 11.3 Å². The highest BCUT2D eigenvalue weighted by molar-refractivity contribution is 9.11. The lowest BCUT2D eigenvalue weighted by atomic mass is 10.3. The molecular formula is C11H15BrN2S2. The van der Waals surface area contributed by atoms with Crippen molar-refractivity contribution in [1.82, 2.24) is 10.6 Å². The van der Waals surface area contributed by atoms with E-state index in [4.69, 9.17) is 12.2 Å². The molecule has 5 heteroatoms. The van der Waals surface area contributed by atoms with E-state index in [9.17, 15) is 0 Å². The minimum Gasteiger partial charge on any atom is -0.360 e. The summed E-state index contributed by atoms with van der Waals surface area (Å²) in [4.78, 5) is 1.29. The first-order valence-electron chi connectivity index (χ1n) is 5.52. The molecule has 0 aromatic carbocycles. The Morgan fingerprint density at radius 1 is 1.44 bits per heavy atom. The maximum Gasteiger partial charge on any atom is 0.166 e. The molecule has 1 aliphatic carbocycles. The number of hydrogen-bond acceptors (Lipinski definition) is 2. The molecule has 1 heterocycles. The maximum atomic E-state index is 5.27. The lowest BCUT2D eigenvalue weighted by Gasteiger charge is -2.15. The zero-order valence-electron chi connectivity index (χ0n) is 8.96. The molecule has 2 nitrogen and oxygen atoms in total. The van der Waals surface area contributed by atoms with E-state index in [1.54, 1.807) is 11.3 Å². The van der Waals surface area contributed by atoms with Crippen molar-refractivity contribution < 1.29 is 0 Å². The largest absolute Gasteiger partial charge is 0.360 e. The van der Waals surface area contributed by atoms with Crippen LogP contribution in [0.2, 0.25) is 0 Å². The summed E-state index contributed by atoms with van der Waals surface area (Å²) in [5.74, 6) is 0. The van der Waals surface area contributed by atoms with E-state index in [0.717, 1.165) is 11.7 Å². The monoisotopic (exact) mass is 318 g/mol. The van der Waals surface area contributed by atoms with Gasteiger partial charge < -0.3 is 10.6 Å². The van der Waals surface area contributed by atoms with E-state index >= 15 is 0 Å². The third-order valence-electron chi connectivity index (χ3n) is 2.74. The highest BCUT2D eigenvalue weighted by Gasteiger charge is 2.15. The van der Waals surface area contributed by atoms with Crippen molar-refractivity contribution in [2.75, 3.05) is 0 Å². The predicted molar refractivity (Wildman–Crippen MR) is 76.8 cm³/mol. The van der Waals surface area contributed by atoms with E-state index in [0.29, 0.717) is 6.04 Å². The number of thiocarbonyl (C=S) groups is 1. The van der Waals surface area contributed by atoms with Crippen LogP contribution in [0.3, 0.4) is 0 Å². The second-order valence-corrected chi connectivity index (χ2v) is 6.97. The van der Waals surface area contributed by atoms with Gasteiger partial charge in [0, 0.05) is 10.9 Å². The van der Waals surface area contributed by atoms with Gasteiger partial charge in [0.05, 0.1) is 10.3 Å². The third kappa shape index (κ3) is 3.71. The fourth-order valence-electron chi connectivity index (χ4n) is 1.92. The van der Waals surface area contributed by atoms with Gasteiger partial charge in [-0.05, 0) is 53.1 Å². The minimum absolute atomic E-state index is 0.593. The summed E-state index contributed by atoms with van der Waals surface area (Å²) >= 11 is 10.5. The predicted octanol–water partition coefficient (Wildman–Crippen LogP) is 3.42. The smallest absolute Gasteiger partial charge is 0.166 e. The van der Waals surface area contributed by atoms with Gasteiger partial charge in [-0.1, -0.05) is 12.8 Å². The van der Waals surface area contributed by atoms with E-state index in [2.05, 4.69) is 38.7 Å². The second kappa shape index (κ2) is 5.98. The standard InChI is InChI=1S/C11H15BrN2S2/c12-10-6-5-9(16-10)7-13-11(15)14-8-3-1-2-4-8/h5-6,8H,1-4,7H2,(H2,13,14,15). The van der Waals surface area contributed by atoms with Crippen LogP contribution in [-0.2, 0) is 6.54 Å². The molecule has 1 aliphatic rings. The number of nitrogens with one attached hydrogen (secondary N) is 2. The van der Waals surface area contributed by atoms with Crippen molar-refractivity contribution in [3.8, 4) is 0 Å². The van der Waals surface area contributed by atoms with Crippen molar-refractivity contribution in [3.63, 3.8) is 0 Å². The van der Waals surface area contributed by atoms with Crippen LogP contribution < -0.4 is 10.6 Å². The molecule has 1 saturated carbocycles. The van der Waals surface area contributed by atoms with Crippen molar-refractivity contribution in [2.45, 2.75) is 38.3 Å². The van der Waals surface area contributed by atoms with Crippen molar-refractivity contribution >= 4 is 44.6 Å². The number of halogens is 1. The summed E-state index contributed by atoms with van der Waals surface area (Å²) in [7, 11) is 0. The molecule has 1 aromatic heterocycles. The Labute approximate surface area is 114 Å². The molecule has 16 heavy (non-hydrogen) atoms. The van der Waals surface area contributed by atoms with Gasteiger partial charge in [0.1, 0.15) is 0 Å². The van der Waals surface area contributed by atoms with Crippen LogP contribution in [0.25, 0.3) is 0 Å². The summed E-state index contributed by atoms with van der Waals surface area (Å²) in [5.41, 5.74) is 0. The Balaban J connectivity index is 1.71. The SMILES string of the molecule is S=C(NCc1ccc(Br)s1)NC1CCCC1. The van der Waals surface area contributed by atoms with Gasteiger partial charge in [-0.25, -0.2) is 0 Å². The number of rotatable bonds is 3. The zero-order chi connectivity index (χ0) is 11.4. The Morgan fingerprint density at radius 3 is 2.81 bits per heavy atom. The van der Waals surface area contributed by atoms with Gasteiger partial charge in [-0.2, -0.15) is 0 Å². The average molecular weight is 319 g/mol. The summed E-state index contributed by atoms with van der Waals surface area (Å²) in [6.07, 6.45) is 5.18. The van der Waals surface area contributed by atoms with Gasteiger partial charge in [0.2, 0.25) is 0 Å². The lowest BCUT2D eigenvalue weighted by molar-refractivity contribution is 0.621. The van der Waals surface area contributed by atoms with Crippen LogP contribution >= 0.6 is 39.5 Å². The Morgan fingerprint density at radius 2 is 2.19 bits per heavy atom. The van der Waals surface area contributed by atoms with E-state index in [1.807, 2.05) is 0 Å². The highest BCUT2D eigenvalue weighted by atomic mass is 79.9. The van der Waals surface area contributed by atoms with Crippen molar-refractivity contribution in [1.29, 1.82) is 0 Å². The molecular weight excluding hydrogens is 304 g/mol. The zero-order valence-corrected chi connectivity index (χ0v) is 12.2. The molecule has 0 spiro atoms. The topological polar surface area (TPSA) is 24.1 Å². The van der Waals surface area contributed by atoms with Gasteiger partial charge >= 0.3 is 0 Å². The van der Waals surface area contributed by atoms with E-state index < -0.39 is 0 Å². The van der Waals surface area contributed by atoms with Crippen LogP contribution in [0.1, 0.15) is 30.6 Å². The molecule has 2 rings (SSSR count). The van der Waals surface area contributed by atoms with Gasteiger partial charge in [-0.3, -0.25) is 0 Å².